The first-order chi connectivity index (χ1) is 19.5. The maximum atomic E-state index is 2.49. The molecule has 2 heteroatoms. The predicted molar refractivity (Wildman–Crippen MR) is 172 cm³/mol. The van der Waals surface area contributed by atoms with E-state index in [-0.39, 0.29) is 5.41 Å². The molecule has 2 aromatic heterocycles. The Morgan fingerprint density at radius 1 is 0.500 bits per heavy atom. The van der Waals surface area contributed by atoms with Gasteiger partial charge >= 0.3 is 0 Å². The number of anilines is 3. The van der Waals surface area contributed by atoms with Crippen molar-refractivity contribution in [1.29, 1.82) is 0 Å². The van der Waals surface area contributed by atoms with Crippen molar-refractivity contribution in [2.45, 2.75) is 26.2 Å². The maximum absolute atomic E-state index is 2.49. The van der Waals surface area contributed by atoms with Crippen molar-refractivity contribution >= 4 is 65.9 Å². The molecule has 0 bridgehead atoms. The van der Waals surface area contributed by atoms with Gasteiger partial charge in [0, 0.05) is 38.3 Å². The van der Waals surface area contributed by atoms with Crippen LogP contribution in [-0.4, -0.2) is 4.40 Å². The first kappa shape index (κ1) is 23.1. The summed E-state index contributed by atoms with van der Waals surface area (Å²) in [7, 11) is 0. The highest BCUT2D eigenvalue weighted by atomic mass is 15.1. The number of rotatable bonds is 3. The fourth-order valence-electron chi connectivity index (χ4n) is 6.65. The Balaban J connectivity index is 1.56. The number of benzene rings is 6. The molecule has 0 unspecified atom stereocenters. The van der Waals surface area contributed by atoms with E-state index in [1.807, 2.05) is 0 Å². The summed E-state index contributed by atoms with van der Waals surface area (Å²) in [4.78, 5) is 2.49. The third kappa shape index (κ3) is 3.23. The number of hydrogen-bond acceptors (Lipinski definition) is 1. The molecule has 0 spiro atoms. The lowest BCUT2D eigenvalue weighted by Crippen LogP contribution is -2.19. The van der Waals surface area contributed by atoms with E-state index in [1.54, 1.807) is 0 Å². The van der Waals surface area contributed by atoms with Gasteiger partial charge in [-0.2, -0.15) is 0 Å². The lowest BCUT2D eigenvalue weighted by atomic mass is 9.83. The summed E-state index contributed by atoms with van der Waals surface area (Å²) in [6.45, 7) is 6.95. The standard InChI is InChI=1S/C38H30N2/c1-38(2,3)33-22-21-25-13-7-8-16-28(25)37(33)39(26-14-5-4-6-15-26)27-23-31-29-17-9-11-19-34(29)40-35-20-12-10-18-30(35)32(24-27)36(31)40/h4-24H,1-3H3. The highest BCUT2D eigenvalue weighted by Crippen LogP contribution is 2.48. The molecule has 0 radical (unpaired) electrons. The van der Waals surface area contributed by atoms with Crippen LogP contribution in [0.4, 0.5) is 17.1 Å². The zero-order valence-electron chi connectivity index (χ0n) is 23.0. The maximum Gasteiger partial charge on any atom is 0.0622 e. The van der Waals surface area contributed by atoms with Crippen LogP contribution in [0, 0.1) is 0 Å². The molecule has 0 saturated carbocycles. The zero-order valence-corrected chi connectivity index (χ0v) is 23.0. The Morgan fingerprint density at radius 2 is 1.05 bits per heavy atom. The fraction of sp³-hybridized carbons (Fsp3) is 0.105. The number of hydrogen-bond donors (Lipinski definition) is 0. The van der Waals surface area contributed by atoms with E-state index in [1.165, 1.54) is 65.8 Å². The molecule has 8 aromatic rings. The van der Waals surface area contributed by atoms with E-state index < -0.39 is 0 Å². The molecule has 2 nitrogen and oxygen atoms in total. The van der Waals surface area contributed by atoms with E-state index in [2.05, 4.69) is 157 Å². The van der Waals surface area contributed by atoms with Crippen LogP contribution >= 0.6 is 0 Å². The molecule has 2 heterocycles. The van der Waals surface area contributed by atoms with E-state index >= 15 is 0 Å². The van der Waals surface area contributed by atoms with Crippen molar-refractivity contribution in [3.8, 4) is 0 Å². The molecule has 192 valence electrons. The molecule has 0 saturated heterocycles. The molecular weight excluding hydrogens is 484 g/mol. The summed E-state index contributed by atoms with van der Waals surface area (Å²) < 4.78 is 2.45. The van der Waals surface area contributed by atoms with Crippen molar-refractivity contribution in [2.24, 2.45) is 0 Å². The minimum absolute atomic E-state index is 0.0457. The van der Waals surface area contributed by atoms with Crippen LogP contribution in [0.2, 0.25) is 0 Å². The topological polar surface area (TPSA) is 7.65 Å². The second-order valence-electron chi connectivity index (χ2n) is 11.9. The van der Waals surface area contributed by atoms with Gasteiger partial charge in [0.15, 0.2) is 0 Å². The highest BCUT2D eigenvalue weighted by molar-refractivity contribution is 6.24. The molecule has 0 aliphatic rings. The van der Waals surface area contributed by atoms with Gasteiger partial charge in [0.1, 0.15) is 0 Å². The van der Waals surface area contributed by atoms with Gasteiger partial charge in [-0.25, -0.2) is 0 Å². The molecule has 40 heavy (non-hydrogen) atoms. The number of nitrogens with zero attached hydrogens (tertiary/aromatic N) is 2. The quantitative estimate of drug-likeness (QED) is 0.227. The fourth-order valence-corrected chi connectivity index (χ4v) is 6.65. The Kier molecular flexibility index (Phi) is 4.82. The highest BCUT2D eigenvalue weighted by Gasteiger charge is 2.27. The van der Waals surface area contributed by atoms with E-state index in [0.29, 0.717) is 0 Å². The van der Waals surface area contributed by atoms with Crippen LogP contribution in [0.5, 0.6) is 0 Å². The molecule has 0 atom stereocenters. The monoisotopic (exact) mass is 514 g/mol. The number of para-hydroxylation sites is 3. The van der Waals surface area contributed by atoms with Crippen LogP contribution in [0.3, 0.4) is 0 Å². The second-order valence-corrected chi connectivity index (χ2v) is 11.9. The molecule has 0 amide bonds. The lowest BCUT2D eigenvalue weighted by molar-refractivity contribution is 0.592. The van der Waals surface area contributed by atoms with Crippen LogP contribution in [0.15, 0.2) is 127 Å². The van der Waals surface area contributed by atoms with Gasteiger partial charge in [-0.15, -0.1) is 0 Å². The normalized spacial score (nSPS) is 12.4. The van der Waals surface area contributed by atoms with Gasteiger partial charge in [-0.1, -0.05) is 112 Å². The Labute approximate surface area is 234 Å². The summed E-state index contributed by atoms with van der Waals surface area (Å²) in [6, 6.07) is 46.7. The Hall–Kier alpha value is -4.82. The Bertz CT molecular complexity index is 2110. The van der Waals surface area contributed by atoms with Crippen molar-refractivity contribution in [1.82, 2.24) is 4.40 Å². The van der Waals surface area contributed by atoms with Gasteiger partial charge in [0.05, 0.1) is 22.2 Å². The lowest BCUT2D eigenvalue weighted by Gasteiger charge is -2.33. The van der Waals surface area contributed by atoms with Gasteiger partial charge in [0.2, 0.25) is 0 Å². The van der Waals surface area contributed by atoms with Gasteiger partial charge in [0.25, 0.3) is 0 Å². The number of fused-ring (bicyclic) bond motifs is 7. The molecule has 8 rings (SSSR count). The van der Waals surface area contributed by atoms with E-state index in [9.17, 15) is 0 Å². The third-order valence-corrected chi connectivity index (χ3v) is 8.39. The summed E-state index contributed by atoms with van der Waals surface area (Å²) in [5, 5.41) is 7.67. The molecular formula is C38H30N2. The minimum atomic E-state index is -0.0457. The summed E-state index contributed by atoms with van der Waals surface area (Å²) in [5.74, 6) is 0. The minimum Gasteiger partial charge on any atom is -0.310 e. The average Bonchev–Trinajstić information content (AvgIpc) is 3.49. The molecule has 0 aliphatic heterocycles. The van der Waals surface area contributed by atoms with Gasteiger partial charge in [-0.3, -0.25) is 0 Å². The van der Waals surface area contributed by atoms with Crippen LogP contribution in [0.25, 0.3) is 48.9 Å². The van der Waals surface area contributed by atoms with Crippen molar-refractivity contribution in [3.05, 3.63) is 133 Å². The second kappa shape index (κ2) is 8.34. The SMILES string of the molecule is CC(C)(C)c1ccc2ccccc2c1N(c1ccccc1)c1cc2c3ccccc3n3c4ccccc4c(c1)c23. The smallest absolute Gasteiger partial charge is 0.0622 e. The summed E-state index contributed by atoms with van der Waals surface area (Å²) in [6.07, 6.45) is 0. The third-order valence-electron chi connectivity index (χ3n) is 8.39. The molecule has 0 fully saturated rings. The molecule has 0 N–H and O–H groups in total. The molecule has 6 aromatic carbocycles. The average molecular weight is 515 g/mol. The van der Waals surface area contributed by atoms with Crippen LogP contribution < -0.4 is 4.90 Å². The first-order valence-corrected chi connectivity index (χ1v) is 14.0. The van der Waals surface area contributed by atoms with E-state index in [0.717, 1.165) is 5.69 Å². The van der Waals surface area contributed by atoms with Crippen molar-refractivity contribution in [3.63, 3.8) is 0 Å². The largest absolute Gasteiger partial charge is 0.310 e. The van der Waals surface area contributed by atoms with Crippen LogP contribution in [-0.2, 0) is 5.41 Å². The predicted octanol–water partition coefficient (Wildman–Crippen LogP) is 10.8. The van der Waals surface area contributed by atoms with E-state index in [4.69, 9.17) is 0 Å². The van der Waals surface area contributed by atoms with Crippen LogP contribution in [0.1, 0.15) is 26.3 Å². The van der Waals surface area contributed by atoms with Gasteiger partial charge < -0.3 is 9.30 Å². The Morgan fingerprint density at radius 3 is 1.68 bits per heavy atom. The number of aromatic nitrogens is 1. The summed E-state index contributed by atoms with van der Waals surface area (Å²) in [5.41, 5.74) is 8.68. The zero-order chi connectivity index (χ0) is 27.0. The van der Waals surface area contributed by atoms with Gasteiger partial charge in [-0.05, 0) is 52.8 Å². The van der Waals surface area contributed by atoms with Crippen molar-refractivity contribution in [2.75, 3.05) is 4.90 Å². The van der Waals surface area contributed by atoms with Crippen molar-refractivity contribution < 1.29 is 0 Å². The molecule has 0 aliphatic carbocycles. The first-order valence-electron chi connectivity index (χ1n) is 14.0. The summed E-state index contributed by atoms with van der Waals surface area (Å²) >= 11 is 0.